The van der Waals surface area contributed by atoms with Crippen LogP contribution in [0.2, 0.25) is 0 Å². The van der Waals surface area contributed by atoms with Gasteiger partial charge in [-0.2, -0.15) is 0 Å². The molecule has 2 rings (SSSR count). The number of para-hydroxylation sites is 1. The number of nitrogens with zero attached hydrogens (tertiary/aromatic N) is 2. The van der Waals surface area contributed by atoms with Crippen molar-refractivity contribution in [3.8, 4) is 0 Å². The SMILES string of the molecule is CN(CC(=O)Nc1ccccc1)CC(=O)N(CCC(N)=O)c1ccc(F)cc1. The molecule has 148 valence electrons. The van der Waals surface area contributed by atoms with E-state index in [0.29, 0.717) is 11.4 Å². The first kappa shape index (κ1) is 21.0. The summed E-state index contributed by atoms with van der Waals surface area (Å²) in [6, 6.07) is 14.4. The molecule has 2 aromatic carbocycles. The van der Waals surface area contributed by atoms with Gasteiger partial charge in [-0.05, 0) is 43.4 Å². The maximum atomic E-state index is 13.2. The number of amides is 3. The van der Waals surface area contributed by atoms with Crippen LogP contribution < -0.4 is 16.0 Å². The first-order valence-electron chi connectivity index (χ1n) is 8.73. The van der Waals surface area contributed by atoms with Crippen molar-refractivity contribution in [3.63, 3.8) is 0 Å². The smallest absolute Gasteiger partial charge is 0.241 e. The van der Waals surface area contributed by atoms with Crippen molar-refractivity contribution >= 4 is 29.1 Å². The van der Waals surface area contributed by atoms with Gasteiger partial charge in [0.25, 0.3) is 0 Å². The summed E-state index contributed by atoms with van der Waals surface area (Å²) < 4.78 is 13.2. The number of halogens is 1. The van der Waals surface area contributed by atoms with E-state index in [4.69, 9.17) is 5.73 Å². The molecule has 3 amide bonds. The Morgan fingerprint density at radius 3 is 2.25 bits per heavy atom. The highest BCUT2D eigenvalue weighted by Crippen LogP contribution is 2.16. The molecule has 0 heterocycles. The van der Waals surface area contributed by atoms with Gasteiger partial charge in [0.2, 0.25) is 17.7 Å². The van der Waals surface area contributed by atoms with Gasteiger partial charge in [-0.3, -0.25) is 19.3 Å². The second-order valence-electron chi connectivity index (χ2n) is 6.32. The van der Waals surface area contributed by atoms with E-state index in [0.717, 1.165) is 0 Å². The summed E-state index contributed by atoms with van der Waals surface area (Å²) in [4.78, 5) is 38.8. The van der Waals surface area contributed by atoms with Crippen LogP contribution in [0.25, 0.3) is 0 Å². The van der Waals surface area contributed by atoms with Gasteiger partial charge in [0.05, 0.1) is 13.1 Å². The fraction of sp³-hybridized carbons (Fsp3) is 0.250. The van der Waals surface area contributed by atoms with Crippen molar-refractivity contribution in [1.82, 2.24) is 4.90 Å². The number of rotatable bonds is 9. The second-order valence-corrected chi connectivity index (χ2v) is 6.32. The topological polar surface area (TPSA) is 95.7 Å². The van der Waals surface area contributed by atoms with Gasteiger partial charge in [-0.25, -0.2) is 4.39 Å². The van der Waals surface area contributed by atoms with Crippen molar-refractivity contribution in [3.05, 3.63) is 60.4 Å². The minimum atomic E-state index is -0.546. The van der Waals surface area contributed by atoms with E-state index >= 15 is 0 Å². The number of hydrogen-bond acceptors (Lipinski definition) is 4. The number of nitrogens with one attached hydrogen (secondary N) is 1. The summed E-state index contributed by atoms with van der Waals surface area (Å²) in [5.74, 6) is -1.56. The average molecular weight is 386 g/mol. The molecular formula is C20H23FN4O3. The number of primary amides is 1. The molecule has 0 aliphatic heterocycles. The molecule has 2 aromatic rings. The van der Waals surface area contributed by atoms with Crippen molar-refractivity contribution in [1.29, 1.82) is 0 Å². The molecule has 0 aromatic heterocycles. The lowest BCUT2D eigenvalue weighted by Gasteiger charge is -2.25. The number of carbonyl (C=O) groups is 3. The highest BCUT2D eigenvalue weighted by atomic mass is 19.1. The highest BCUT2D eigenvalue weighted by molar-refractivity contribution is 5.96. The van der Waals surface area contributed by atoms with E-state index in [1.54, 1.807) is 24.1 Å². The predicted octanol–water partition coefficient (Wildman–Crippen LogP) is 1.60. The highest BCUT2D eigenvalue weighted by Gasteiger charge is 2.19. The van der Waals surface area contributed by atoms with Crippen molar-refractivity contribution < 1.29 is 18.8 Å². The number of nitrogens with two attached hydrogens (primary N) is 1. The van der Waals surface area contributed by atoms with Gasteiger partial charge < -0.3 is 16.0 Å². The molecule has 0 spiro atoms. The monoisotopic (exact) mass is 386 g/mol. The maximum Gasteiger partial charge on any atom is 0.241 e. The molecule has 0 unspecified atom stereocenters. The predicted molar refractivity (Wildman–Crippen MR) is 105 cm³/mol. The fourth-order valence-electron chi connectivity index (χ4n) is 2.58. The molecule has 0 atom stereocenters. The fourth-order valence-corrected chi connectivity index (χ4v) is 2.58. The normalized spacial score (nSPS) is 10.5. The number of anilines is 2. The summed E-state index contributed by atoms with van der Waals surface area (Å²) >= 11 is 0. The lowest BCUT2D eigenvalue weighted by Crippen LogP contribution is -2.42. The van der Waals surface area contributed by atoms with Crippen LogP contribution in [-0.2, 0) is 14.4 Å². The molecule has 7 nitrogen and oxygen atoms in total. The largest absolute Gasteiger partial charge is 0.370 e. The third kappa shape index (κ3) is 6.81. The minimum Gasteiger partial charge on any atom is -0.370 e. The van der Waals surface area contributed by atoms with E-state index in [1.807, 2.05) is 18.2 Å². The molecule has 0 saturated carbocycles. The van der Waals surface area contributed by atoms with Gasteiger partial charge in [0, 0.05) is 24.3 Å². The molecule has 0 fully saturated rings. The Morgan fingerprint density at radius 1 is 1.00 bits per heavy atom. The zero-order valence-corrected chi connectivity index (χ0v) is 15.6. The van der Waals surface area contributed by atoms with Crippen LogP contribution in [0.15, 0.2) is 54.6 Å². The molecular weight excluding hydrogens is 363 g/mol. The zero-order valence-electron chi connectivity index (χ0n) is 15.6. The first-order valence-corrected chi connectivity index (χ1v) is 8.73. The average Bonchev–Trinajstić information content (AvgIpc) is 2.63. The van der Waals surface area contributed by atoms with Gasteiger partial charge >= 0.3 is 0 Å². The van der Waals surface area contributed by atoms with Gasteiger partial charge in [-0.1, -0.05) is 18.2 Å². The first-order chi connectivity index (χ1) is 13.3. The molecule has 28 heavy (non-hydrogen) atoms. The van der Waals surface area contributed by atoms with Crippen molar-refractivity contribution in [2.45, 2.75) is 6.42 Å². The van der Waals surface area contributed by atoms with Crippen LogP contribution in [0.4, 0.5) is 15.8 Å². The van der Waals surface area contributed by atoms with E-state index in [-0.39, 0.29) is 37.9 Å². The molecule has 0 saturated heterocycles. The van der Waals surface area contributed by atoms with E-state index in [2.05, 4.69) is 5.32 Å². The quantitative estimate of drug-likeness (QED) is 0.684. The lowest BCUT2D eigenvalue weighted by atomic mass is 10.2. The molecule has 0 aliphatic carbocycles. The molecule has 3 N–H and O–H groups in total. The number of benzene rings is 2. The van der Waals surface area contributed by atoms with Crippen molar-refractivity contribution in [2.24, 2.45) is 5.73 Å². The Bertz CT molecular complexity index is 812. The van der Waals surface area contributed by atoms with Gasteiger partial charge in [-0.15, -0.1) is 0 Å². The summed E-state index contributed by atoms with van der Waals surface area (Å²) in [6.07, 6.45) is -0.0265. The van der Waals surface area contributed by atoms with Crippen molar-refractivity contribution in [2.75, 3.05) is 36.9 Å². The van der Waals surface area contributed by atoms with Crippen LogP contribution in [0, 0.1) is 5.82 Å². The van der Waals surface area contributed by atoms with E-state index in [1.165, 1.54) is 29.2 Å². The van der Waals surface area contributed by atoms with E-state index < -0.39 is 11.7 Å². The minimum absolute atomic E-state index is 0.00765. The van der Waals surface area contributed by atoms with E-state index in [9.17, 15) is 18.8 Å². The Kier molecular flexibility index (Phi) is 7.65. The Labute approximate surface area is 162 Å². The maximum absolute atomic E-state index is 13.2. The van der Waals surface area contributed by atoms with Crippen LogP contribution in [0.1, 0.15) is 6.42 Å². The Balaban J connectivity index is 1.97. The summed E-state index contributed by atoms with van der Waals surface area (Å²) in [7, 11) is 1.64. The van der Waals surface area contributed by atoms with Gasteiger partial charge in [0.15, 0.2) is 0 Å². The Morgan fingerprint density at radius 2 is 1.64 bits per heavy atom. The number of hydrogen-bond donors (Lipinski definition) is 2. The standard InChI is InChI=1S/C20H23FN4O3/c1-24(13-19(27)23-16-5-3-2-4-6-16)14-20(28)25(12-11-18(22)26)17-9-7-15(21)8-10-17/h2-10H,11-14H2,1H3,(H2,22,26)(H,23,27). The molecule has 0 bridgehead atoms. The number of carbonyl (C=O) groups excluding carboxylic acids is 3. The summed E-state index contributed by atoms with van der Waals surface area (Å²) in [6.45, 7) is 0.0237. The van der Waals surface area contributed by atoms with Gasteiger partial charge in [0.1, 0.15) is 5.82 Å². The number of likely N-dealkylation sites (N-methyl/N-ethyl adjacent to an activating group) is 1. The molecule has 8 heteroatoms. The molecule has 0 radical (unpaired) electrons. The van der Waals surface area contributed by atoms with Crippen LogP contribution >= 0.6 is 0 Å². The van der Waals surface area contributed by atoms with Crippen LogP contribution in [0.5, 0.6) is 0 Å². The third-order valence-corrected chi connectivity index (χ3v) is 3.90. The summed E-state index contributed by atoms with van der Waals surface area (Å²) in [5.41, 5.74) is 6.30. The summed E-state index contributed by atoms with van der Waals surface area (Å²) in [5, 5.41) is 2.74. The zero-order chi connectivity index (χ0) is 20.5. The van der Waals surface area contributed by atoms with Crippen LogP contribution in [0.3, 0.4) is 0 Å². The van der Waals surface area contributed by atoms with Crippen LogP contribution in [-0.4, -0.2) is 49.3 Å². The third-order valence-electron chi connectivity index (χ3n) is 3.90. The second kappa shape index (κ2) is 10.2. The lowest BCUT2D eigenvalue weighted by molar-refractivity contribution is -0.121. The molecule has 0 aliphatic rings. The Hall–Kier alpha value is -3.26.